The van der Waals surface area contributed by atoms with Crippen molar-refractivity contribution in [1.29, 1.82) is 5.26 Å². The number of aromatic amines is 1. The van der Waals surface area contributed by atoms with Crippen LogP contribution in [0.25, 0.3) is 22.3 Å². The van der Waals surface area contributed by atoms with Crippen LogP contribution >= 0.6 is 23.2 Å². The summed E-state index contributed by atoms with van der Waals surface area (Å²) in [4.78, 5) is 25.7. The molecular formula is C18H10Cl2N6O3. The van der Waals surface area contributed by atoms with E-state index in [4.69, 9.17) is 33.2 Å². The van der Waals surface area contributed by atoms with Gasteiger partial charge in [0, 0.05) is 5.39 Å². The van der Waals surface area contributed by atoms with Gasteiger partial charge in [0.05, 0.1) is 34.6 Å². The predicted molar refractivity (Wildman–Crippen MR) is 106 cm³/mol. The highest BCUT2D eigenvalue weighted by molar-refractivity contribution is 6.38. The van der Waals surface area contributed by atoms with E-state index in [1.54, 1.807) is 30.1 Å². The molecule has 0 aliphatic rings. The Kier molecular flexibility index (Phi) is 4.58. The molecule has 144 valence electrons. The minimum atomic E-state index is -0.874. The number of nitriles is 1. The summed E-state index contributed by atoms with van der Waals surface area (Å²) in [5.74, 6) is 0.682. The number of nitrogens with zero attached hydrogens (tertiary/aromatic N) is 5. The first-order chi connectivity index (χ1) is 13.9. The standard InChI is InChI=1S/C18H10Cl2N6O3/c1-29-11-2-3-15-9(4-11)8-22-26(15)16-12(19)5-10(6-13(16)20)25-18(28)23-17(27)14(7-21)24-25/h2-6,8H,1H3,(H,23,27,28). The number of hydrogen-bond acceptors (Lipinski definition) is 6. The predicted octanol–water partition coefficient (Wildman–Crippen LogP) is 2.45. The van der Waals surface area contributed by atoms with E-state index in [9.17, 15) is 9.59 Å². The van der Waals surface area contributed by atoms with Gasteiger partial charge >= 0.3 is 5.69 Å². The van der Waals surface area contributed by atoms with Gasteiger partial charge < -0.3 is 4.74 Å². The number of aromatic nitrogens is 5. The summed E-state index contributed by atoms with van der Waals surface area (Å²) in [6.45, 7) is 0. The number of methoxy groups -OCH3 is 1. The molecule has 11 heteroatoms. The quantitative estimate of drug-likeness (QED) is 0.535. The first kappa shape index (κ1) is 18.7. The number of ether oxygens (including phenoxy) is 1. The summed E-state index contributed by atoms with van der Waals surface area (Å²) in [6, 6.07) is 9.91. The number of rotatable bonds is 3. The SMILES string of the molecule is COc1ccc2c(cnn2-c2c(Cl)cc(-n3nc(C#N)c(=O)[nH]c3=O)cc2Cl)c1. The van der Waals surface area contributed by atoms with Crippen LogP contribution in [0.5, 0.6) is 5.75 Å². The summed E-state index contributed by atoms with van der Waals surface area (Å²) in [5, 5.41) is 18.3. The maximum Gasteiger partial charge on any atom is 0.349 e. The van der Waals surface area contributed by atoms with E-state index in [1.807, 2.05) is 17.1 Å². The molecule has 0 radical (unpaired) electrons. The van der Waals surface area contributed by atoms with Crippen LogP contribution in [-0.4, -0.2) is 31.7 Å². The fourth-order valence-electron chi connectivity index (χ4n) is 2.84. The van der Waals surface area contributed by atoms with Crippen LogP contribution in [0.15, 0.2) is 46.1 Å². The zero-order chi connectivity index (χ0) is 20.7. The number of nitrogens with one attached hydrogen (secondary N) is 1. The lowest BCUT2D eigenvalue weighted by Crippen LogP contribution is -2.33. The summed E-state index contributed by atoms with van der Waals surface area (Å²) in [5.41, 5.74) is -0.845. The normalized spacial score (nSPS) is 10.8. The number of halogens is 2. The minimum absolute atomic E-state index is 0.180. The Morgan fingerprint density at radius 2 is 1.86 bits per heavy atom. The van der Waals surface area contributed by atoms with Crippen LogP contribution in [0.3, 0.4) is 0 Å². The van der Waals surface area contributed by atoms with Crippen molar-refractivity contribution in [2.75, 3.05) is 7.11 Å². The Bertz CT molecular complexity index is 1410. The van der Waals surface area contributed by atoms with Crippen LogP contribution in [0, 0.1) is 11.3 Å². The fourth-order valence-corrected chi connectivity index (χ4v) is 3.48. The van der Waals surface area contributed by atoms with Crippen LogP contribution in [0.2, 0.25) is 10.0 Å². The Morgan fingerprint density at radius 1 is 1.14 bits per heavy atom. The molecule has 0 bridgehead atoms. The second-order valence-corrected chi connectivity index (χ2v) is 6.69. The molecule has 0 saturated heterocycles. The van der Waals surface area contributed by atoms with Gasteiger partial charge in [0.1, 0.15) is 17.5 Å². The molecule has 0 aliphatic heterocycles. The molecule has 0 saturated carbocycles. The minimum Gasteiger partial charge on any atom is -0.497 e. The average Bonchev–Trinajstić information content (AvgIpc) is 3.10. The number of benzene rings is 2. The lowest BCUT2D eigenvalue weighted by molar-refractivity contribution is 0.415. The largest absolute Gasteiger partial charge is 0.497 e. The molecule has 4 aromatic rings. The monoisotopic (exact) mass is 428 g/mol. The van der Waals surface area contributed by atoms with E-state index in [0.29, 0.717) is 11.4 Å². The van der Waals surface area contributed by atoms with Crippen LogP contribution in [0.4, 0.5) is 0 Å². The van der Waals surface area contributed by atoms with Crippen molar-refractivity contribution in [2.24, 2.45) is 0 Å². The summed E-state index contributed by atoms with van der Waals surface area (Å²) in [7, 11) is 1.57. The lowest BCUT2D eigenvalue weighted by atomic mass is 10.2. The smallest absolute Gasteiger partial charge is 0.349 e. The van der Waals surface area contributed by atoms with Crippen LogP contribution < -0.4 is 16.0 Å². The van der Waals surface area contributed by atoms with Gasteiger partial charge in [0.2, 0.25) is 5.69 Å². The maximum atomic E-state index is 12.1. The van der Waals surface area contributed by atoms with Crippen molar-refractivity contribution < 1.29 is 4.74 Å². The van der Waals surface area contributed by atoms with Crippen molar-refractivity contribution in [3.63, 3.8) is 0 Å². The third-order valence-corrected chi connectivity index (χ3v) is 4.74. The molecule has 0 fully saturated rings. The zero-order valence-electron chi connectivity index (χ0n) is 14.7. The summed E-state index contributed by atoms with van der Waals surface area (Å²) >= 11 is 12.9. The number of fused-ring (bicyclic) bond motifs is 1. The molecule has 29 heavy (non-hydrogen) atoms. The van der Waals surface area contributed by atoms with E-state index in [2.05, 4.69) is 10.2 Å². The van der Waals surface area contributed by atoms with Gasteiger partial charge in [0.25, 0.3) is 5.56 Å². The van der Waals surface area contributed by atoms with Crippen LogP contribution in [-0.2, 0) is 0 Å². The third kappa shape index (κ3) is 3.14. The lowest BCUT2D eigenvalue weighted by Gasteiger charge is -2.12. The molecule has 0 unspecified atom stereocenters. The van der Waals surface area contributed by atoms with E-state index in [1.165, 1.54) is 12.1 Å². The molecule has 0 spiro atoms. The first-order valence-electron chi connectivity index (χ1n) is 8.08. The summed E-state index contributed by atoms with van der Waals surface area (Å²) < 4.78 is 7.61. The second kappa shape index (κ2) is 7.09. The zero-order valence-corrected chi connectivity index (χ0v) is 16.2. The Balaban J connectivity index is 1.89. The molecule has 2 aromatic heterocycles. The molecule has 0 amide bonds. The average molecular weight is 429 g/mol. The van der Waals surface area contributed by atoms with Crippen molar-refractivity contribution in [1.82, 2.24) is 24.5 Å². The van der Waals surface area contributed by atoms with Crippen molar-refractivity contribution >= 4 is 34.1 Å². The van der Waals surface area contributed by atoms with Gasteiger partial charge in [-0.1, -0.05) is 23.2 Å². The molecule has 0 atom stereocenters. The Labute approximate surface area is 172 Å². The Morgan fingerprint density at radius 3 is 2.52 bits per heavy atom. The van der Waals surface area contributed by atoms with Gasteiger partial charge in [-0.25, -0.2) is 9.48 Å². The topological polar surface area (TPSA) is 119 Å². The Hall–Kier alpha value is -3.61. The van der Waals surface area contributed by atoms with Crippen molar-refractivity contribution in [3.8, 4) is 23.2 Å². The fraction of sp³-hybridized carbons (Fsp3) is 0.0556. The van der Waals surface area contributed by atoms with E-state index < -0.39 is 16.9 Å². The molecule has 1 N–H and O–H groups in total. The first-order valence-corrected chi connectivity index (χ1v) is 8.84. The van der Waals surface area contributed by atoms with Crippen LogP contribution in [0.1, 0.15) is 5.69 Å². The van der Waals surface area contributed by atoms with E-state index in [-0.39, 0.29) is 15.7 Å². The summed E-state index contributed by atoms with van der Waals surface area (Å²) in [6.07, 6.45) is 1.64. The highest BCUT2D eigenvalue weighted by Crippen LogP contribution is 2.33. The third-order valence-electron chi connectivity index (χ3n) is 4.17. The molecule has 0 aliphatic carbocycles. The highest BCUT2D eigenvalue weighted by Gasteiger charge is 2.17. The molecular weight excluding hydrogens is 419 g/mol. The van der Waals surface area contributed by atoms with Gasteiger partial charge in [0.15, 0.2) is 0 Å². The highest BCUT2D eigenvalue weighted by atomic mass is 35.5. The molecule has 2 aromatic carbocycles. The molecule has 9 nitrogen and oxygen atoms in total. The van der Waals surface area contributed by atoms with Gasteiger partial charge in [-0.3, -0.25) is 9.78 Å². The van der Waals surface area contributed by atoms with Crippen molar-refractivity contribution in [2.45, 2.75) is 0 Å². The van der Waals surface area contributed by atoms with Gasteiger partial charge in [-0.15, -0.1) is 5.10 Å². The maximum absolute atomic E-state index is 12.1. The molecule has 4 rings (SSSR count). The van der Waals surface area contributed by atoms with Gasteiger partial charge in [-0.2, -0.15) is 15.0 Å². The molecule has 2 heterocycles. The van der Waals surface area contributed by atoms with Crippen molar-refractivity contribution in [3.05, 3.63) is 73.1 Å². The number of hydrogen-bond donors (Lipinski definition) is 1. The second-order valence-electron chi connectivity index (χ2n) is 5.87. The van der Waals surface area contributed by atoms with E-state index >= 15 is 0 Å². The number of H-pyrrole nitrogens is 1. The van der Waals surface area contributed by atoms with Gasteiger partial charge in [-0.05, 0) is 30.3 Å². The van der Waals surface area contributed by atoms with E-state index in [0.717, 1.165) is 15.6 Å².